The van der Waals surface area contributed by atoms with Crippen LogP contribution < -0.4 is 5.56 Å². The van der Waals surface area contributed by atoms with Crippen LogP contribution in [0.4, 0.5) is 0 Å². The number of nitrogens with zero attached hydrogens (tertiary/aromatic N) is 3. The molecule has 0 bridgehead atoms. The Balaban J connectivity index is 2.45. The van der Waals surface area contributed by atoms with Crippen molar-refractivity contribution in [1.82, 2.24) is 14.5 Å². The van der Waals surface area contributed by atoms with Crippen LogP contribution in [0.2, 0.25) is 0 Å². The Hall–Kier alpha value is -1.34. The van der Waals surface area contributed by atoms with Gasteiger partial charge in [0.15, 0.2) is 5.16 Å². The van der Waals surface area contributed by atoms with E-state index in [0.717, 1.165) is 0 Å². The standard InChI is InChI=1S/C13H17N3O2S2/c1-4-15(5-2)10(17)8-16-12(18)11-9(6-7-20-11)14-13(16)19-3/h6-7H,4-5,8H2,1-3H3. The summed E-state index contributed by atoms with van der Waals surface area (Å²) >= 11 is 2.75. The number of thiophene rings is 1. The van der Waals surface area contributed by atoms with Crippen LogP contribution in [0.3, 0.4) is 0 Å². The van der Waals surface area contributed by atoms with Crippen LogP contribution in [-0.4, -0.2) is 39.7 Å². The lowest BCUT2D eigenvalue weighted by molar-refractivity contribution is -0.131. The summed E-state index contributed by atoms with van der Waals surface area (Å²) in [5, 5.41) is 2.43. The molecule has 0 saturated carbocycles. The first-order chi connectivity index (χ1) is 9.62. The van der Waals surface area contributed by atoms with E-state index in [1.807, 2.05) is 31.5 Å². The molecule has 0 spiro atoms. The fraction of sp³-hybridized carbons (Fsp3) is 0.462. The highest BCUT2D eigenvalue weighted by atomic mass is 32.2. The molecule has 1 amide bonds. The lowest BCUT2D eigenvalue weighted by Gasteiger charge is -2.19. The van der Waals surface area contributed by atoms with E-state index in [1.54, 1.807) is 4.90 Å². The van der Waals surface area contributed by atoms with Crippen LogP contribution in [0, 0.1) is 0 Å². The second-order valence-electron chi connectivity index (χ2n) is 4.19. The molecule has 2 rings (SSSR count). The SMILES string of the molecule is CCN(CC)C(=O)Cn1c(SC)nc2ccsc2c1=O. The zero-order valence-corrected chi connectivity index (χ0v) is 13.4. The zero-order chi connectivity index (χ0) is 14.7. The maximum atomic E-state index is 12.5. The fourth-order valence-corrected chi connectivity index (χ4v) is 3.37. The Kier molecular flexibility index (Phi) is 4.82. The van der Waals surface area contributed by atoms with Gasteiger partial charge < -0.3 is 4.90 Å². The number of amides is 1. The van der Waals surface area contributed by atoms with Crippen molar-refractivity contribution in [2.75, 3.05) is 19.3 Å². The fourth-order valence-electron chi connectivity index (χ4n) is 2.03. The molecule has 0 aliphatic rings. The number of carbonyl (C=O) groups is 1. The van der Waals surface area contributed by atoms with Gasteiger partial charge >= 0.3 is 0 Å². The van der Waals surface area contributed by atoms with Crippen LogP contribution in [0.25, 0.3) is 10.2 Å². The van der Waals surface area contributed by atoms with E-state index in [0.29, 0.717) is 28.5 Å². The molecule has 108 valence electrons. The molecule has 0 aliphatic heterocycles. The number of carbonyl (C=O) groups excluding carboxylic acids is 1. The molecule has 2 heterocycles. The number of fused-ring (bicyclic) bond motifs is 1. The third-order valence-corrected chi connectivity index (χ3v) is 4.69. The summed E-state index contributed by atoms with van der Waals surface area (Å²) in [6, 6.07) is 1.83. The Morgan fingerprint density at radius 3 is 2.75 bits per heavy atom. The van der Waals surface area contributed by atoms with Crippen molar-refractivity contribution in [2.24, 2.45) is 0 Å². The van der Waals surface area contributed by atoms with Crippen molar-refractivity contribution in [3.8, 4) is 0 Å². The summed E-state index contributed by atoms with van der Waals surface area (Å²) < 4.78 is 2.08. The molecule has 0 radical (unpaired) electrons. The monoisotopic (exact) mass is 311 g/mol. The molecule has 0 aromatic carbocycles. The van der Waals surface area contributed by atoms with Gasteiger partial charge in [0.1, 0.15) is 11.2 Å². The van der Waals surface area contributed by atoms with Gasteiger partial charge in [-0.3, -0.25) is 14.2 Å². The summed E-state index contributed by atoms with van der Waals surface area (Å²) in [7, 11) is 0. The van der Waals surface area contributed by atoms with E-state index in [9.17, 15) is 9.59 Å². The minimum atomic E-state index is -0.130. The van der Waals surface area contributed by atoms with Crippen LogP contribution in [0.1, 0.15) is 13.8 Å². The summed E-state index contributed by atoms with van der Waals surface area (Å²) in [4.78, 5) is 30.8. The number of likely N-dealkylation sites (N-methyl/N-ethyl adjacent to an activating group) is 1. The average Bonchev–Trinajstić information content (AvgIpc) is 2.91. The quantitative estimate of drug-likeness (QED) is 0.626. The van der Waals surface area contributed by atoms with E-state index in [2.05, 4.69) is 4.98 Å². The van der Waals surface area contributed by atoms with E-state index in [1.165, 1.54) is 27.7 Å². The molecule has 0 unspecified atom stereocenters. The highest BCUT2D eigenvalue weighted by molar-refractivity contribution is 7.98. The van der Waals surface area contributed by atoms with E-state index in [4.69, 9.17) is 0 Å². The van der Waals surface area contributed by atoms with Gasteiger partial charge in [0.05, 0.1) is 5.52 Å². The summed E-state index contributed by atoms with van der Waals surface area (Å²) in [6.07, 6.45) is 1.86. The average molecular weight is 311 g/mol. The maximum Gasteiger partial charge on any atom is 0.272 e. The zero-order valence-electron chi connectivity index (χ0n) is 11.8. The van der Waals surface area contributed by atoms with Crippen LogP contribution in [0.5, 0.6) is 0 Å². The van der Waals surface area contributed by atoms with Crippen LogP contribution >= 0.6 is 23.1 Å². The smallest absolute Gasteiger partial charge is 0.272 e. The van der Waals surface area contributed by atoms with Gasteiger partial charge in [-0.2, -0.15) is 0 Å². The topological polar surface area (TPSA) is 55.2 Å². The van der Waals surface area contributed by atoms with Crippen molar-refractivity contribution in [3.63, 3.8) is 0 Å². The van der Waals surface area contributed by atoms with E-state index < -0.39 is 0 Å². The number of thioether (sulfide) groups is 1. The van der Waals surface area contributed by atoms with Crippen molar-refractivity contribution >= 4 is 39.2 Å². The molecular formula is C13H17N3O2S2. The first kappa shape index (κ1) is 15.1. The molecule has 0 N–H and O–H groups in total. The minimum Gasteiger partial charge on any atom is -0.342 e. The van der Waals surface area contributed by atoms with Crippen LogP contribution in [-0.2, 0) is 11.3 Å². The Bertz CT molecular complexity index is 674. The first-order valence-corrected chi connectivity index (χ1v) is 8.52. The van der Waals surface area contributed by atoms with Crippen molar-refractivity contribution in [3.05, 3.63) is 21.8 Å². The molecule has 0 fully saturated rings. The Labute approximate surface area is 125 Å². The Morgan fingerprint density at radius 2 is 2.15 bits per heavy atom. The molecule has 20 heavy (non-hydrogen) atoms. The van der Waals surface area contributed by atoms with Crippen molar-refractivity contribution in [1.29, 1.82) is 0 Å². The molecule has 0 aliphatic carbocycles. The number of rotatable bonds is 5. The normalized spacial score (nSPS) is 10.9. The minimum absolute atomic E-state index is 0.0508. The van der Waals surface area contributed by atoms with Gasteiger partial charge in [-0.1, -0.05) is 11.8 Å². The second-order valence-corrected chi connectivity index (χ2v) is 5.88. The largest absolute Gasteiger partial charge is 0.342 e. The third kappa shape index (κ3) is 2.73. The highest BCUT2D eigenvalue weighted by Gasteiger charge is 2.16. The predicted octanol–water partition coefficient (Wildman–Crippen LogP) is 2.05. The van der Waals surface area contributed by atoms with Gasteiger partial charge in [0.25, 0.3) is 5.56 Å². The molecule has 0 atom stereocenters. The van der Waals surface area contributed by atoms with E-state index >= 15 is 0 Å². The predicted molar refractivity (Wildman–Crippen MR) is 83.6 cm³/mol. The summed E-state index contributed by atoms with van der Waals surface area (Å²) in [5.74, 6) is -0.0508. The Morgan fingerprint density at radius 1 is 1.45 bits per heavy atom. The van der Waals surface area contributed by atoms with Crippen LogP contribution in [0.15, 0.2) is 21.4 Å². The molecule has 0 saturated heterocycles. The molecular weight excluding hydrogens is 294 g/mol. The molecule has 2 aromatic heterocycles. The van der Waals surface area contributed by atoms with Gasteiger partial charge in [-0.25, -0.2) is 4.98 Å². The van der Waals surface area contributed by atoms with Gasteiger partial charge in [-0.05, 0) is 31.5 Å². The summed E-state index contributed by atoms with van der Waals surface area (Å²) in [6.45, 7) is 5.21. The molecule has 7 heteroatoms. The first-order valence-electron chi connectivity index (χ1n) is 6.42. The number of hydrogen-bond donors (Lipinski definition) is 0. The maximum absolute atomic E-state index is 12.5. The second kappa shape index (κ2) is 6.41. The van der Waals surface area contributed by atoms with Crippen molar-refractivity contribution < 1.29 is 4.79 Å². The van der Waals surface area contributed by atoms with Gasteiger partial charge in [0.2, 0.25) is 5.91 Å². The number of hydrogen-bond acceptors (Lipinski definition) is 5. The summed E-state index contributed by atoms with van der Waals surface area (Å²) in [5.41, 5.74) is 0.575. The molecule has 2 aromatic rings. The number of aromatic nitrogens is 2. The lowest BCUT2D eigenvalue weighted by Crippen LogP contribution is -2.37. The van der Waals surface area contributed by atoms with E-state index in [-0.39, 0.29) is 18.0 Å². The van der Waals surface area contributed by atoms with Crippen molar-refractivity contribution in [2.45, 2.75) is 25.5 Å². The van der Waals surface area contributed by atoms with Gasteiger partial charge in [-0.15, -0.1) is 11.3 Å². The third-order valence-electron chi connectivity index (χ3n) is 3.12. The highest BCUT2D eigenvalue weighted by Crippen LogP contribution is 2.19. The molecule has 5 nitrogen and oxygen atoms in total. The lowest BCUT2D eigenvalue weighted by atomic mass is 10.4. The van der Waals surface area contributed by atoms with Gasteiger partial charge in [0, 0.05) is 13.1 Å².